The van der Waals surface area contributed by atoms with Crippen LogP contribution in [0.25, 0.3) is 10.1 Å². The molecule has 5 heteroatoms. The van der Waals surface area contributed by atoms with Gasteiger partial charge >= 0.3 is 0 Å². The van der Waals surface area contributed by atoms with Crippen LogP contribution in [0.5, 0.6) is 0 Å². The Hall–Kier alpha value is -0.320. The fourth-order valence-electron chi connectivity index (χ4n) is 2.42. The first kappa shape index (κ1) is 12.7. The zero-order valence-electron chi connectivity index (χ0n) is 9.93. The number of ether oxygens (including phenoxy) is 1. The van der Waals surface area contributed by atoms with Crippen molar-refractivity contribution in [3.8, 4) is 0 Å². The van der Waals surface area contributed by atoms with E-state index in [1.807, 2.05) is 19.2 Å². The summed E-state index contributed by atoms with van der Waals surface area (Å²) >= 11 is 14.0. The van der Waals surface area contributed by atoms with Crippen molar-refractivity contribution < 1.29 is 4.74 Å². The van der Waals surface area contributed by atoms with E-state index in [1.165, 1.54) is 20.5 Å². The molecule has 1 unspecified atom stereocenters. The summed E-state index contributed by atoms with van der Waals surface area (Å²) in [5.74, 6) is 0. The van der Waals surface area contributed by atoms with E-state index >= 15 is 0 Å². The number of hydrogen-bond acceptors (Lipinski definition) is 3. The Morgan fingerprint density at radius 2 is 2.17 bits per heavy atom. The summed E-state index contributed by atoms with van der Waals surface area (Å²) < 4.78 is 7.04. The third-order valence-electron chi connectivity index (χ3n) is 3.21. The van der Waals surface area contributed by atoms with Crippen molar-refractivity contribution in [2.75, 3.05) is 20.2 Å². The lowest BCUT2D eigenvalue weighted by Gasteiger charge is -2.23. The van der Waals surface area contributed by atoms with E-state index in [2.05, 4.69) is 5.32 Å². The van der Waals surface area contributed by atoms with Crippen LogP contribution in [-0.2, 0) is 11.2 Å². The molecule has 3 rings (SSSR count). The summed E-state index contributed by atoms with van der Waals surface area (Å²) in [5, 5.41) is 5.59. The second-order valence-electron chi connectivity index (χ2n) is 4.37. The van der Waals surface area contributed by atoms with Crippen LogP contribution in [0.1, 0.15) is 16.5 Å². The van der Waals surface area contributed by atoms with Crippen LogP contribution in [0.3, 0.4) is 0 Å². The highest BCUT2D eigenvalue weighted by atomic mass is 35.5. The number of halogens is 2. The molecule has 1 atom stereocenters. The normalized spacial score (nSPS) is 19.2. The van der Waals surface area contributed by atoms with Crippen molar-refractivity contribution >= 4 is 44.6 Å². The molecule has 0 aliphatic carbocycles. The van der Waals surface area contributed by atoms with E-state index in [0.717, 1.165) is 19.6 Å². The predicted molar refractivity (Wildman–Crippen MR) is 78.2 cm³/mol. The van der Waals surface area contributed by atoms with E-state index in [1.54, 1.807) is 11.3 Å². The largest absolute Gasteiger partial charge is 0.372 e. The molecule has 0 saturated heterocycles. The second-order valence-corrected chi connectivity index (χ2v) is 6.32. The molecule has 0 amide bonds. The molecular formula is C13H13Cl2NOS. The van der Waals surface area contributed by atoms with E-state index in [4.69, 9.17) is 27.9 Å². The fourth-order valence-corrected chi connectivity index (χ4v) is 4.07. The van der Waals surface area contributed by atoms with Crippen LogP contribution in [0.15, 0.2) is 12.1 Å². The first-order chi connectivity index (χ1) is 8.70. The van der Waals surface area contributed by atoms with Gasteiger partial charge in [-0.1, -0.05) is 23.2 Å². The minimum Gasteiger partial charge on any atom is -0.372 e. The monoisotopic (exact) mass is 301 g/mol. The Morgan fingerprint density at radius 3 is 2.94 bits per heavy atom. The lowest BCUT2D eigenvalue weighted by Crippen LogP contribution is -2.24. The number of rotatable bonds is 2. The second kappa shape index (κ2) is 4.99. The number of fused-ring (bicyclic) bond motifs is 3. The standard InChI is InChI=1S/C13H13Cl2NOS/c1-16-6-10-13-7-4-8(14)9(15)5-12(7)18-11(13)2-3-17-10/h4-5,10,16H,2-3,6H2,1H3. The lowest BCUT2D eigenvalue weighted by atomic mass is 10.0. The number of likely N-dealkylation sites (N-methyl/N-ethyl adjacent to an activating group) is 1. The van der Waals surface area contributed by atoms with Crippen molar-refractivity contribution in [1.82, 2.24) is 5.32 Å². The molecule has 18 heavy (non-hydrogen) atoms. The van der Waals surface area contributed by atoms with Gasteiger partial charge in [-0.15, -0.1) is 11.3 Å². The fraction of sp³-hybridized carbons (Fsp3) is 0.385. The van der Waals surface area contributed by atoms with E-state index < -0.39 is 0 Å². The number of benzene rings is 1. The van der Waals surface area contributed by atoms with Gasteiger partial charge in [-0.25, -0.2) is 0 Å². The Balaban J connectivity index is 2.20. The van der Waals surface area contributed by atoms with Gasteiger partial charge in [-0.05, 0) is 19.2 Å². The predicted octanol–water partition coefficient (Wildman–Crippen LogP) is 4.04. The van der Waals surface area contributed by atoms with E-state index in [-0.39, 0.29) is 6.10 Å². The molecule has 2 heterocycles. The summed E-state index contributed by atoms with van der Waals surface area (Å²) in [5.41, 5.74) is 1.29. The number of thiophene rings is 1. The average molecular weight is 302 g/mol. The molecule has 1 aliphatic heterocycles. The minimum atomic E-state index is 0.116. The summed E-state index contributed by atoms with van der Waals surface area (Å²) in [6.07, 6.45) is 1.09. The Labute approximate surface area is 120 Å². The zero-order valence-corrected chi connectivity index (χ0v) is 12.3. The molecule has 0 saturated carbocycles. The molecular weight excluding hydrogens is 289 g/mol. The quantitative estimate of drug-likeness (QED) is 0.904. The van der Waals surface area contributed by atoms with Crippen LogP contribution in [0.4, 0.5) is 0 Å². The first-order valence-corrected chi connectivity index (χ1v) is 7.44. The maximum Gasteiger partial charge on any atom is 0.0965 e. The number of nitrogens with one attached hydrogen (secondary N) is 1. The topological polar surface area (TPSA) is 21.3 Å². The molecule has 1 aromatic carbocycles. The average Bonchev–Trinajstić information content (AvgIpc) is 2.69. The summed E-state index contributed by atoms with van der Waals surface area (Å²) in [6.45, 7) is 1.60. The van der Waals surface area contributed by atoms with Gasteiger partial charge in [-0.2, -0.15) is 0 Å². The summed E-state index contributed by atoms with van der Waals surface area (Å²) in [7, 11) is 1.94. The van der Waals surface area contributed by atoms with Crippen molar-refractivity contribution in [1.29, 1.82) is 0 Å². The maximum absolute atomic E-state index is 6.13. The first-order valence-electron chi connectivity index (χ1n) is 5.87. The van der Waals surface area contributed by atoms with Gasteiger partial charge in [0, 0.05) is 33.5 Å². The molecule has 0 fully saturated rings. The summed E-state index contributed by atoms with van der Waals surface area (Å²) in [6, 6.07) is 3.92. The van der Waals surface area contributed by atoms with Crippen molar-refractivity contribution in [3.05, 3.63) is 32.6 Å². The van der Waals surface area contributed by atoms with Crippen molar-refractivity contribution in [2.45, 2.75) is 12.5 Å². The molecule has 1 aromatic heterocycles. The molecule has 1 N–H and O–H groups in total. The van der Waals surface area contributed by atoms with Gasteiger partial charge in [0.2, 0.25) is 0 Å². The smallest absolute Gasteiger partial charge is 0.0965 e. The minimum absolute atomic E-state index is 0.116. The van der Waals surface area contributed by atoms with Crippen molar-refractivity contribution in [2.24, 2.45) is 0 Å². The van der Waals surface area contributed by atoms with Crippen LogP contribution < -0.4 is 5.32 Å². The van der Waals surface area contributed by atoms with Gasteiger partial charge in [0.15, 0.2) is 0 Å². The Kier molecular flexibility index (Phi) is 3.52. The van der Waals surface area contributed by atoms with Crippen LogP contribution in [-0.4, -0.2) is 20.2 Å². The zero-order chi connectivity index (χ0) is 12.7. The maximum atomic E-state index is 6.13. The Morgan fingerprint density at radius 1 is 1.39 bits per heavy atom. The molecule has 0 bridgehead atoms. The van der Waals surface area contributed by atoms with E-state index in [9.17, 15) is 0 Å². The molecule has 0 spiro atoms. The van der Waals surface area contributed by atoms with Crippen molar-refractivity contribution in [3.63, 3.8) is 0 Å². The van der Waals surface area contributed by atoms with Crippen LogP contribution in [0, 0.1) is 0 Å². The van der Waals surface area contributed by atoms with Gasteiger partial charge in [-0.3, -0.25) is 0 Å². The van der Waals surface area contributed by atoms with Crippen LogP contribution >= 0.6 is 34.5 Å². The molecule has 2 aromatic rings. The Bertz CT molecular complexity index is 596. The molecule has 1 aliphatic rings. The van der Waals surface area contributed by atoms with Gasteiger partial charge in [0.05, 0.1) is 22.8 Å². The number of hydrogen-bond donors (Lipinski definition) is 1. The summed E-state index contributed by atoms with van der Waals surface area (Å²) in [4.78, 5) is 1.40. The van der Waals surface area contributed by atoms with E-state index in [0.29, 0.717) is 10.0 Å². The third kappa shape index (κ3) is 2.04. The van der Waals surface area contributed by atoms with Gasteiger partial charge in [0.25, 0.3) is 0 Å². The highest BCUT2D eigenvalue weighted by Gasteiger charge is 2.25. The highest BCUT2D eigenvalue weighted by Crippen LogP contribution is 2.42. The highest BCUT2D eigenvalue weighted by molar-refractivity contribution is 7.19. The molecule has 96 valence electrons. The van der Waals surface area contributed by atoms with Gasteiger partial charge in [0.1, 0.15) is 0 Å². The lowest BCUT2D eigenvalue weighted by molar-refractivity contribution is 0.0462. The van der Waals surface area contributed by atoms with Crippen LogP contribution in [0.2, 0.25) is 10.0 Å². The molecule has 0 radical (unpaired) electrons. The SMILES string of the molecule is CNCC1OCCc2sc3cc(Cl)c(Cl)cc3c21. The molecule has 2 nitrogen and oxygen atoms in total. The van der Waals surface area contributed by atoms with Gasteiger partial charge < -0.3 is 10.1 Å². The third-order valence-corrected chi connectivity index (χ3v) is 5.16.